The van der Waals surface area contributed by atoms with Crippen LogP contribution in [-0.4, -0.2) is 14.9 Å². The maximum atomic E-state index is 4.85. The molecule has 0 radical (unpaired) electrons. The lowest BCUT2D eigenvalue weighted by Gasteiger charge is -2.22. The first-order valence-electron chi connectivity index (χ1n) is 9.55. The Morgan fingerprint density at radius 2 is 1.70 bits per heavy atom. The van der Waals surface area contributed by atoms with E-state index in [0.717, 1.165) is 48.3 Å². The van der Waals surface area contributed by atoms with Crippen molar-refractivity contribution in [1.29, 1.82) is 0 Å². The summed E-state index contributed by atoms with van der Waals surface area (Å²) in [6.07, 6.45) is 8.83. The third kappa shape index (κ3) is 4.89. The molecule has 138 valence electrons. The summed E-state index contributed by atoms with van der Waals surface area (Å²) in [6, 6.07) is 19.2. The van der Waals surface area contributed by atoms with Gasteiger partial charge < -0.3 is 9.88 Å². The third-order valence-corrected chi connectivity index (χ3v) is 5.46. The van der Waals surface area contributed by atoms with Crippen molar-refractivity contribution < 1.29 is 0 Å². The van der Waals surface area contributed by atoms with Crippen molar-refractivity contribution in [2.45, 2.75) is 38.8 Å². The predicted octanol–water partition coefficient (Wildman–Crippen LogP) is 5.72. The summed E-state index contributed by atoms with van der Waals surface area (Å²) < 4.78 is 1.12. The van der Waals surface area contributed by atoms with Crippen molar-refractivity contribution >= 4 is 22.0 Å². The molecule has 1 N–H and O–H groups in total. The number of hydrogen-bond donors (Lipinski definition) is 1. The largest absolute Gasteiger partial charge is 0.367 e. The van der Waals surface area contributed by atoms with E-state index in [1.54, 1.807) is 0 Å². The quantitative estimate of drug-likeness (QED) is 0.494. The number of rotatable bonds is 7. The summed E-state index contributed by atoms with van der Waals surface area (Å²) in [6.45, 7) is 1.77. The average Bonchev–Trinajstić information content (AvgIpc) is 3.10. The van der Waals surface area contributed by atoms with Crippen LogP contribution in [0.3, 0.4) is 0 Å². The maximum absolute atomic E-state index is 4.85. The number of aryl methyl sites for hydroxylation is 2. The van der Waals surface area contributed by atoms with Gasteiger partial charge in [0.1, 0.15) is 5.82 Å². The molecule has 2 aromatic carbocycles. The highest BCUT2D eigenvalue weighted by Gasteiger charge is 2.15. The van der Waals surface area contributed by atoms with E-state index in [2.05, 4.69) is 92.7 Å². The second kappa shape index (κ2) is 8.57. The zero-order valence-electron chi connectivity index (χ0n) is 15.4. The van der Waals surface area contributed by atoms with E-state index in [1.165, 1.54) is 23.2 Å². The van der Waals surface area contributed by atoms with Gasteiger partial charge in [0.25, 0.3) is 0 Å². The predicted molar refractivity (Wildman–Crippen MR) is 114 cm³/mol. The molecule has 0 saturated carbocycles. The Morgan fingerprint density at radius 3 is 2.52 bits per heavy atom. The highest BCUT2D eigenvalue weighted by Crippen LogP contribution is 2.21. The molecule has 2 heterocycles. The van der Waals surface area contributed by atoms with Crippen molar-refractivity contribution in [3.63, 3.8) is 0 Å². The summed E-state index contributed by atoms with van der Waals surface area (Å²) in [7, 11) is 0. The minimum Gasteiger partial charge on any atom is -0.367 e. The number of nitrogens with zero attached hydrogens (tertiary/aromatic N) is 2. The van der Waals surface area contributed by atoms with Gasteiger partial charge in [-0.2, -0.15) is 0 Å². The van der Waals surface area contributed by atoms with Crippen LogP contribution in [-0.2, 0) is 25.9 Å². The van der Waals surface area contributed by atoms with E-state index < -0.39 is 0 Å². The summed E-state index contributed by atoms with van der Waals surface area (Å²) in [4.78, 5) is 10.6. The maximum Gasteiger partial charge on any atom is 0.106 e. The SMILES string of the molecule is Brc1ccc(CN2C=Cc3[nH]c(CCCCc4ccccc4)nc3C2)cc1. The van der Waals surface area contributed by atoms with Gasteiger partial charge in [0, 0.05) is 23.6 Å². The van der Waals surface area contributed by atoms with Crippen LogP contribution in [0.5, 0.6) is 0 Å². The molecule has 27 heavy (non-hydrogen) atoms. The second-order valence-corrected chi connectivity index (χ2v) is 8.00. The molecule has 0 spiro atoms. The van der Waals surface area contributed by atoms with Crippen LogP contribution >= 0.6 is 15.9 Å². The number of aromatic nitrogens is 2. The Bertz CT molecular complexity index is 897. The number of hydrogen-bond acceptors (Lipinski definition) is 2. The van der Waals surface area contributed by atoms with E-state index in [0.29, 0.717) is 0 Å². The standard InChI is InChI=1S/C23H24BrN3/c24-20-12-10-19(11-13-20)16-27-15-14-21-22(17-27)26-23(25-21)9-5-4-8-18-6-2-1-3-7-18/h1-3,6-7,10-15H,4-5,8-9,16-17H2,(H,25,26). The van der Waals surface area contributed by atoms with E-state index in [-0.39, 0.29) is 0 Å². The lowest BCUT2D eigenvalue weighted by molar-refractivity contribution is 0.355. The van der Waals surface area contributed by atoms with E-state index >= 15 is 0 Å². The van der Waals surface area contributed by atoms with Crippen LogP contribution in [0.15, 0.2) is 65.3 Å². The smallest absolute Gasteiger partial charge is 0.106 e. The molecule has 0 saturated heterocycles. The molecule has 1 aromatic heterocycles. The fourth-order valence-corrected chi connectivity index (χ4v) is 3.74. The molecule has 0 atom stereocenters. The molecule has 0 bridgehead atoms. The van der Waals surface area contributed by atoms with Crippen LogP contribution in [0.4, 0.5) is 0 Å². The summed E-state index contributed by atoms with van der Waals surface area (Å²) in [5, 5.41) is 0. The van der Waals surface area contributed by atoms with E-state index in [4.69, 9.17) is 4.98 Å². The van der Waals surface area contributed by atoms with Gasteiger partial charge >= 0.3 is 0 Å². The van der Waals surface area contributed by atoms with Crippen molar-refractivity contribution in [2.75, 3.05) is 0 Å². The monoisotopic (exact) mass is 421 g/mol. The zero-order chi connectivity index (χ0) is 18.5. The highest BCUT2D eigenvalue weighted by atomic mass is 79.9. The molecule has 0 aliphatic carbocycles. The molecular formula is C23H24BrN3. The molecule has 0 unspecified atom stereocenters. The number of imidazole rings is 1. The molecule has 0 amide bonds. The van der Waals surface area contributed by atoms with Gasteiger partial charge in [0.2, 0.25) is 0 Å². The number of benzene rings is 2. The van der Waals surface area contributed by atoms with Crippen molar-refractivity contribution in [3.8, 4) is 0 Å². The average molecular weight is 422 g/mol. The molecule has 1 aliphatic rings. The number of halogens is 1. The van der Waals surface area contributed by atoms with Crippen LogP contribution in [0.2, 0.25) is 0 Å². The summed E-state index contributed by atoms with van der Waals surface area (Å²) in [5.41, 5.74) is 5.05. The molecule has 4 heteroatoms. The van der Waals surface area contributed by atoms with Crippen LogP contribution in [0.25, 0.3) is 6.08 Å². The Kier molecular flexibility index (Phi) is 5.73. The van der Waals surface area contributed by atoms with Gasteiger partial charge in [-0.3, -0.25) is 0 Å². The first-order chi connectivity index (χ1) is 13.3. The number of fused-ring (bicyclic) bond motifs is 1. The van der Waals surface area contributed by atoms with E-state index in [1.807, 2.05) is 0 Å². The van der Waals surface area contributed by atoms with Gasteiger partial charge in [-0.05, 0) is 48.6 Å². The molecule has 1 aliphatic heterocycles. The van der Waals surface area contributed by atoms with Crippen molar-refractivity contribution in [3.05, 3.63) is 93.6 Å². The third-order valence-electron chi connectivity index (χ3n) is 4.94. The second-order valence-electron chi connectivity index (χ2n) is 7.08. The van der Waals surface area contributed by atoms with Crippen molar-refractivity contribution in [1.82, 2.24) is 14.9 Å². The number of nitrogens with one attached hydrogen (secondary N) is 1. The topological polar surface area (TPSA) is 31.9 Å². The van der Waals surface area contributed by atoms with E-state index in [9.17, 15) is 0 Å². The fourth-order valence-electron chi connectivity index (χ4n) is 3.48. The summed E-state index contributed by atoms with van der Waals surface area (Å²) >= 11 is 3.49. The minimum atomic E-state index is 0.864. The van der Waals surface area contributed by atoms with Gasteiger partial charge in [-0.15, -0.1) is 0 Å². The van der Waals surface area contributed by atoms with Crippen LogP contribution in [0.1, 0.15) is 41.2 Å². The Morgan fingerprint density at radius 1 is 0.926 bits per heavy atom. The van der Waals surface area contributed by atoms with Gasteiger partial charge in [0.15, 0.2) is 0 Å². The fraction of sp³-hybridized carbons (Fsp3) is 0.261. The molecule has 3 aromatic rings. The van der Waals surface area contributed by atoms with Crippen molar-refractivity contribution in [2.24, 2.45) is 0 Å². The molecule has 0 fully saturated rings. The van der Waals surface area contributed by atoms with Gasteiger partial charge in [0.05, 0.1) is 17.9 Å². The Labute approximate surface area is 169 Å². The van der Waals surface area contributed by atoms with Gasteiger partial charge in [-0.25, -0.2) is 4.98 Å². The normalized spacial score (nSPS) is 13.0. The lowest BCUT2D eigenvalue weighted by atomic mass is 10.1. The molecule has 3 nitrogen and oxygen atoms in total. The van der Waals surface area contributed by atoms with Crippen LogP contribution < -0.4 is 0 Å². The van der Waals surface area contributed by atoms with Gasteiger partial charge in [-0.1, -0.05) is 58.4 Å². The first kappa shape index (κ1) is 18.1. The molecule has 4 rings (SSSR count). The number of unbranched alkanes of at least 4 members (excludes halogenated alkanes) is 1. The summed E-state index contributed by atoms with van der Waals surface area (Å²) in [5.74, 6) is 1.11. The van der Waals surface area contributed by atoms with Crippen LogP contribution in [0, 0.1) is 0 Å². The number of H-pyrrole nitrogens is 1. The zero-order valence-corrected chi connectivity index (χ0v) is 17.0. The Balaban J connectivity index is 1.28. The number of aromatic amines is 1. The lowest BCUT2D eigenvalue weighted by Crippen LogP contribution is -2.19. The highest BCUT2D eigenvalue weighted by molar-refractivity contribution is 9.10. The molecular weight excluding hydrogens is 398 g/mol. The first-order valence-corrected chi connectivity index (χ1v) is 10.3. The Hall–Kier alpha value is -2.33. The minimum absolute atomic E-state index is 0.864.